The number of amides is 2. The van der Waals surface area contributed by atoms with E-state index in [1.165, 1.54) is 0 Å². The molecule has 0 spiro atoms. The summed E-state index contributed by atoms with van der Waals surface area (Å²) in [4.78, 5) is 33.5. The summed E-state index contributed by atoms with van der Waals surface area (Å²) < 4.78 is 0. The van der Waals surface area contributed by atoms with Gasteiger partial charge in [-0.25, -0.2) is 4.98 Å². The zero-order chi connectivity index (χ0) is 18.7. The fourth-order valence-electron chi connectivity index (χ4n) is 3.29. The quantitative estimate of drug-likeness (QED) is 0.849. The van der Waals surface area contributed by atoms with E-state index < -0.39 is 0 Å². The third-order valence-corrected chi connectivity index (χ3v) is 4.66. The van der Waals surface area contributed by atoms with Crippen molar-refractivity contribution in [3.05, 3.63) is 60.3 Å². The zero-order valence-electron chi connectivity index (χ0n) is 15.6. The van der Waals surface area contributed by atoms with Gasteiger partial charge in [-0.2, -0.15) is 0 Å². The molecule has 0 saturated carbocycles. The van der Waals surface area contributed by atoms with Gasteiger partial charge in [0.05, 0.1) is 12.5 Å². The summed E-state index contributed by atoms with van der Waals surface area (Å²) in [6, 6.07) is 15.4. The summed E-state index contributed by atoms with van der Waals surface area (Å²) in [5.74, 6) is 0.264. The minimum absolute atomic E-state index is 0.0385. The predicted octanol–water partition coefficient (Wildman–Crippen LogP) is 3.26. The minimum atomic E-state index is -0.340. The summed E-state index contributed by atoms with van der Waals surface area (Å²) in [6.07, 6.45) is 1.94. The van der Waals surface area contributed by atoms with Gasteiger partial charge in [-0.1, -0.05) is 36.4 Å². The van der Waals surface area contributed by atoms with Crippen molar-refractivity contribution in [1.29, 1.82) is 0 Å². The molecule has 2 heterocycles. The van der Waals surface area contributed by atoms with E-state index in [-0.39, 0.29) is 29.7 Å². The van der Waals surface area contributed by atoms with Crippen molar-refractivity contribution in [2.24, 2.45) is 5.92 Å². The van der Waals surface area contributed by atoms with Gasteiger partial charge in [0.15, 0.2) is 0 Å². The van der Waals surface area contributed by atoms with Gasteiger partial charge in [0, 0.05) is 24.7 Å². The molecule has 0 bridgehead atoms. The number of aromatic nitrogens is 1. The SMILES string of the molecule is CC(C)(C)N1CC(C(=O)N(Cc2ccccc2)c2ccccn2)CC1=O. The van der Waals surface area contributed by atoms with Crippen LogP contribution in [0.5, 0.6) is 0 Å². The normalized spacial score (nSPS) is 17.4. The first-order valence-electron chi connectivity index (χ1n) is 8.93. The Balaban J connectivity index is 1.85. The second-order valence-electron chi connectivity index (χ2n) is 7.67. The molecule has 5 heteroatoms. The van der Waals surface area contributed by atoms with Crippen molar-refractivity contribution in [2.75, 3.05) is 11.4 Å². The molecule has 2 amide bonds. The van der Waals surface area contributed by atoms with Crippen molar-refractivity contribution < 1.29 is 9.59 Å². The average molecular weight is 351 g/mol. The molecule has 0 N–H and O–H groups in total. The Bertz CT molecular complexity index is 769. The molecule has 136 valence electrons. The number of carbonyl (C=O) groups is 2. The van der Waals surface area contributed by atoms with E-state index in [4.69, 9.17) is 0 Å². The highest BCUT2D eigenvalue weighted by molar-refractivity contribution is 5.98. The van der Waals surface area contributed by atoms with Gasteiger partial charge in [-0.15, -0.1) is 0 Å². The molecule has 1 saturated heterocycles. The van der Waals surface area contributed by atoms with Crippen molar-refractivity contribution >= 4 is 17.6 Å². The minimum Gasteiger partial charge on any atom is -0.337 e. The van der Waals surface area contributed by atoms with Crippen LogP contribution in [0.25, 0.3) is 0 Å². The van der Waals surface area contributed by atoms with Crippen LogP contribution in [-0.2, 0) is 16.1 Å². The van der Waals surface area contributed by atoms with Gasteiger partial charge in [0.1, 0.15) is 5.82 Å². The summed E-state index contributed by atoms with van der Waals surface area (Å²) in [5.41, 5.74) is 0.755. The second kappa shape index (κ2) is 7.28. The number of hydrogen-bond donors (Lipinski definition) is 0. The van der Waals surface area contributed by atoms with Gasteiger partial charge in [0.2, 0.25) is 11.8 Å². The number of rotatable bonds is 4. The Morgan fingerprint density at radius 3 is 2.42 bits per heavy atom. The van der Waals surface area contributed by atoms with Gasteiger partial charge in [0.25, 0.3) is 0 Å². The van der Waals surface area contributed by atoms with E-state index in [2.05, 4.69) is 4.98 Å². The number of hydrogen-bond acceptors (Lipinski definition) is 3. The van der Waals surface area contributed by atoms with Crippen molar-refractivity contribution in [1.82, 2.24) is 9.88 Å². The highest BCUT2D eigenvalue weighted by Crippen LogP contribution is 2.28. The Morgan fingerprint density at radius 2 is 1.85 bits per heavy atom. The smallest absolute Gasteiger partial charge is 0.233 e. The summed E-state index contributed by atoms with van der Waals surface area (Å²) >= 11 is 0. The first-order valence-corrected chi connectivity index (χ1v) is 8.93. The topological polar surface area (TPSA) is 53.5 Å². The van der Waals surface area contributed by atoms with Crippen LogP contribution in [0.1, 0.15) is 32.8 Å². The number of benzene rings is 1. The molecule has 1 fully saturated rings. The van der Waals surface area contributed by atoms with Crippen LogP contribution in [0.4, 0.5) is 5.82 Å². The third kappa shape index (κ3) is 3.93. The summed E-state index contributed by atoms with van der Waals surface area (Å²) in [5, 5.41) is 0. The van der Waals surface area contributed by atoms with Crippen molar-refractivity contribution in [3.63, 3.8) is 0 Å². The Hall–Kier alpha value is -2.69. The molecular formula is C21H25N3O2. The van der Waals surface area contributed by atoms with E-state index in [0.717, 1.165) is 5.56 Å². The van der Waals surface area contributed by atoms with E-state index >= 15 is 0 Å². The monoisotopic (exact) mass is 351 g/mol. The van der Waals surface area contributed by atoms with Crippen molar-refractivity contribution in [2.45, 2.75) is 39.3 Å². The fourth-order valence-corrected chi connectivity index (χ4v) is 3.29. The van der Waals surface area contributed by atoms with Crippen molar-refractivity contribution in [3.8, 4) is 0 Å². The molecule has 2 aromatic rings. The van der Waals surface area contributed by atoms with E-state index in [1.54, 1.807) is 16.0 Å². The van der Waals surface area contributed by atoms with Crippen LogP contribution in [-0.4, -0.2) is 33.8 Å². The van der Waals surface area contributed by atoms with E-state index in [0.29, 0.717) is 18.9 Å². The van der Waals surface area contributed by atoms with Gasteiger partial charge in [-0.3, -0.25) is 14.5 Å². The molecule has 1 atom stereocenters. The predicted molar refractivity (Wildman–Crippen MR) is 101 cm³/mol. The Kier molecular flexibility index (Phi) is 5.07. The number of pyridine rings is 1. The first kappa shape index (κ1) is 18.1. The maximum Gasteiger partial charge on any atom is 0.233 e. The first-order chi connectivity index (χ1) is 12.4. The van der Waals surface area contributed by atoms with Gasteiger partial charge in [-0.05, 0) is 38.5 Å². The molecule has 5 nitrogen and oxygen atoms in total. The van der Waals surface area contributed by atoms with Crippen LogP contribution in [0.15, 0.2) is 54.7 Å². The molecule has 1 unspecified atom stereocenters. The molecule has 3 rings (SSSR count). The maximum atomic E-state index is 13.3. The molecule has 26 heavy (non-hydrogen) atoms. The molecule has 1 aliphatic heterocycles. The largest absolute Gasteiger partial charge is 0.337 e. The molecule has 1 aromatic heterocycles. The standard InChI is InChI=1S/C21H25N3O2/c1-21(2,3)24-15-17(13-19(24)25)20(26)23(18-11-7-8-12-22-18)14-16-9-5-4-6-10-16/h4-12,17H,13-15H2,1-3H3. The average Bonchev–Trinajstić information content (AvgIpc) is 3.03. The maximum absolute atomic E-state index is 13.3. The molecule has 1 aliphatic rings. The number of likely N-dealkylation sites (tertiary alicyclic amines) is 1. The zero-order valence-corrected chi connectivity index (χ0v) is 15.6. The van der Waals surface area contributed by atoms with Crippen LogP contribution < -0.4 is 4.90 Å². The summed E-state index contributed by atoms with van der Waals surface area (Å²) in [7, 11) is 0. The van der Waals surface area contributed by atoms with Crippen LogP contribution in [0.3, 0.4) is 0 Å². The summed E-state index contributed by atoms with van der Waals surface area (Å²) in [6.45, 7) is 6.89. The van der Waals surface area contributed by atoms with Crippen LogP contribution in [0, 0.1) is 5.92 Å². The van der Waals surface area contributed by atoms with Gasteiger partial charge >= 0.3 is 0 Å². The lowest BCUT2D eigenvalue weighted by molar-refractivity contribution is -0.131. The highest BCUT2D eigenvalue weighted by atomic mass is 16.2. The van der Waals surface area contributed by atoms with Gasteiger partial charge < -0.3 is 4.90 Å². The molecule has 0 radical (unpaired) electrons. The van der Waals surface area contributed by atoms with Crippen LogP contribution in [0.2, 0.25) is 0 Å². The van der Waals surface area contributed by atoms with E-state index in [1.807, 2.05) is 69.3 Å². The van der Waals surface area contributed by atoms with E-state index in [9.17, 15) is 9.59 Å². The molecular weight excluding hydrogens is 326 g/mol. The third-order valence-electron chi connectivity index (χ3n) is 4.66. The highest BCUT2D eigenvalue weighted by Gasteiger charge is 2.41. The lowest BCUT2D eigenvalue weighted by Crippen LogP contribution is -2.43. The molecule has 0 aliphatic carbocycles. The Labute approximate surface area is 154 Å². The lowest BCUT2D eigenvalue weighted by atomic mass is 10.1. The Morgan fingerprint density at radius 1 is 1.15 bits per heavy atom. The second-order valence-corrected chi connectivity index (χ2v) is 7.67. The fraction of sp³-hybridized carbons (Fsp3) is 0.381. The number of nitrogens with zero attached hydrogens (tertiary/aromatic N) is 3. The lowest BCUT2D eigenvalue weighted by Gasteiger charge is -2.32. The number of carbonyl (C=O) groups excluding carboxylic acids is 2. The molecule has 1 aromatic carbocycles. The number of anilines is 1. The van der Waals surface area contributed by atoms with Crippen LogP contribution >= 0.6 is 0 Å².